The highest BCUT2D eigenvalue weighted by atomic mass is 19.4. The van der Waals surface area contributed by atoms with Gasteiger partial charge in [-0.2, -0.15) is 13.2 Å². The summed E-state index contributed by atoms with van der Waals surface area (Å²) >= 11 is 0. The molecule has 2 atom stereocenters. The standard InChI is InChI=1S/C34H34F3NO5/c35-34(36,37)33(39)43-38-19-18-31(32(23-38)42-24-25-12-13-26-8-4-5-9-28(26)22-25)27-14-16-30(17-15-27)41-21-7-6-20-40-29-10-2-1-3-11-29/h1-5,8-17,22,31-32H,6-7,18-21,23-24H2. The van der Waals surface area contributed by atoms with Gasteiger partial charge < -0.3 is 19.0 Å². The molecule has 226 valence electrons. The van der Waals surface area contributed by atoms with E-state index in [4.69, 9.17) is 14.2 Å². The smallest absolute Gasteiger partial charge is 0.492 e. The zero-order valence-electron chi connectivity index (χ0n) is 23.7. The SMILES string of the molecule is O=C(ON1CCC(c2ccc(OCCCCOc3ccccc3)cc2)C(OCc2ccc3ccccc3c2)C1)C(F)(F)F. The van der Waals surface area contributed by atoms with Gasteiger partial charge in [-0.3, -0.25) is 0 Å². The number of nitrogens with zero attached hydrogens (tertiary/aromatic N) is 1. The Bertz CT molecular complexity index is 1460. The molecule has 1 aliphatic heterocycles. The molecule has 0 amide bonds. The van der Waals surface area contributed by atoms with Crippen LogP contribution in [0.3, 0.4) is 0 Å². The Kier molecular flexibility index (Phi) is 10.2. The Morgan fingerprint density at radius 2 is 1.44 bits per heavy atom. The lowest BCUT2D eigenvalue weighted by molar-refractivity contribution is -0.248. The number of hydrogen-bond acceptors (Lipinski definition) is 6. The summed E-state index contributed by atoms with van der Waals surface area (Å²) in [6.45, 7) is 1.61. The second-order valence-corrected chi connectivity index (χ2v) is 10.5. The van der Waals surface area contributed by atoms with Gasteiger partial charge in [-0.1, -0.05) is 66.7 Å². The molecule has 0 radical (unpaired) electrons. The fraction of sp³-hybridized carbons (Fsp3) is 0.324. The summed E-state index contributed by atoms with van der Waals surface area (Å²) in [6.07, 6.45) is -3.41. The molecule has 43 heavy (non-hydrogen) atoms. The summed E-state index contributed by atoms with van der Waals surface area (Å²) in [7, 11) is 0. The van der Waals surface area contributed by atoms with E-state index >= 15 is 0 Å². The normalized spacial score (nSPS) is 17.5. The minimum atomic E-state index is -5.07. The summed E-state index contributed by atoms with van der Waals surface area (Å²) in [5, 5.41) is 3.23. The lowest BCUT2D eigenvalue weighted by atomic mass is 9.87. The molecule has 0 aromatic heterocycles. The molecule has 4 aromatic carbocycles. The Morgan fingerprint density at radius 3 is 2.14 bits per heavy atom. The number of unbranched alkanes of at least 4 members (excludes halogenated alkanes) is 1. The number of rotatable bonds is 12. The average molecular weight is 594 g/mol. The zero-order chi connectivity index (χ0) is 30.1. The molecule has 5 rings (SSSR count). The first-order chi connectivity index (χ1) is 20.8. The van der Waals surface area contributed by atoms with Gasteiger partial charge in [-0.15, -0.1) is 5.06 Å². The average Bonchev–Trinajstić information content (AvgIpc) is 3.02. The number of carbonyl (C=O) groups is 1. The van der Waals surface area contributed by atoms with Gasteiger partial charge in [0.25, 0.3) is 0 Å². The maximum atomic E-state index is 12.8. The van der Waals surface area contributed by atoms with Crippen molar-refractivity contribution >= 4 is 16.7 Å². The largest absolute Gasteiger partial charge is 0.494 e. The van der Waals surface area contributed by atoms with E-state index in [0.29, 0.717) is 19.6 Å². The van der Waals surface area contributed by atoms with Crippen LogP contribution in [0.4, 0.5) is 13.2 Å². The third-order valence-corrected chi connectivity index (χ3v) is 7.37. The molecule has 0 aliphatic carbocycles. The van der Waals surface area contributed by atoms with E-state index in [1.54, 1.807) is 0 Å². The van der Waals surface area contributed by atoms with Crippen LogP contribution in [0.15, 0.2) is 97.1 Å². The molecular weight excluding hydrogens is 559 g/mol. The number of ether oxygens (including phenoxy) is 3. The third-order valence-electron chi connectivity index (χ3n) is 7.37. The highest BCUT2D eigenvalue weighted by molar-refractivity contribution is 5.82. The van der Waals surface area contributed by atoms with Crippen molar-refractivity contribution in [2.45, 2.75) is 44.1 Å². The Balaban J connectivity index is 1.17. The van der Waals surface area contributed by atoms with Crippen LogP contribution in [0.5, 0.6) is 11.5 Å². The van der Waals surface area contributed by atoms with Crippen molar-refractivity contribution in [2.75, 3.05) is 26.3 Å². The van der Waals surface area contributed by atoms with Gasteiger partial charge in [0, 0.05) is 12.5 Å². The van der Waals surface area contributed by atoms with E-state index in [9.17, 15) is 18.0 Å². The lowest BCUT2D eigenvalue weighted by Gasteiger charge is -2.37. The van der Waals surface area contributed by atoms with Gasteiger partial charge in [0.15, 0.2) is 0 Å². The van der Waals surface area contributed by atoms with Crippen LogP contribution >= 0.6 is 0 Å². The number of carbonyl (C=O) groups excluding carboxylic acids is 1. The van der Waals surface area contributed by atoms with E-state index in [-0.39, 0.29) is 25.6 Å². The maximum absolute atomic E-state index is 12.8. The number of halogens is 3. The van der Waals surface area contributed by atoms with E-state index in [1.165, 1.54) is 0 Å². The predicted octanol–water partition coefficient (Wildman–Crippen LogP) is 7.47. The lowest BCUT2D eigenvalue weighted by Crippen LogP contribution is -2.46. The first-order valence-corrected chi connectivity index (χ1v) is 14.4. The van der Waals surface area contributed by atoms with Crippen LogP contribution < -0.4 is 9.47 Å². The van der Waals surface area contributed by atoms with Gasteiger partial charge >= 0.3 is 12.1 Å². The molecule has 6 nitrogen and oxygen atoms in total. The first-order valence-electron chi connectivity index (χ1n) is 14.4. The van der Waals surface area contributed by atoms with Gasteiger partial charge in [-0.05, 0) is 71.5 Å². The van der Waals surface area contributed by atoms with Gasteiger partial charge in [0.2, 0.25) is 0 Å². The molecule has 0 spiro atoms. The van der Waals surface area contributed by atoms with Crippen LogP contribution in [-0.4, -0.2) is 49.6 Å². The number of hydrogen-bond donors (Lipinski definition) is 0. The number of piperidine rings is 1. The van der Waals surface area contributed by atoms with Gasteiger partial charge in [-0.25, -0.2) is 4.79 Å². The number of hydroxylamine groups is 2. The minimum absolute atomic E-state index is 0.0172. The molecule has 2 unspecified atom stereocenters. The number of benzene rings is 4. The van der Waals surface area contributed by atoms with Crippen molar-refractivity contribution in [2.24, 2.45) is 0 Å². The molecule has 1 heterocycles. The van der Waals surface area contributed by atoms with E-state index in [2.05, 4.69) is 4.84 Å². The van der Waals surface area contributed by atoms with Crippen LogP contribution in [0.25, 0.3) is 10.8 Å². The number of alkyl halides is 3. The molecule has 0 N–H and O–H groups in total. The highest BCUT2D eigenvalue weighted by Crippen LogP contribution is 2.33. The molecule has 4 aromatic rings. The fourth-order valence-electron chi connectivity index (χ4n) is 5.13. The summed E-state index contributed by atoms with van der Waals surface area (Å²) in [6, 6.07) is 31.4. The van der Waals surface area contributed by atoms with Crippen molar-refractivity contribution in [1.29, 1.82) is 0 Å². The number of fused-ring (bicyclic) bond motifs is 1. The van der Waals surface area contributed by atoms with Crippen LogP contribution in [0.1, 0.15) is 36.3 Å². The van der Waals surface area contributed by atoms with Crippen molar-refractivity contribution in [3.63, 3.8) is 0 Å². The monoisotopic (exact) mass is 593 g/mol. The zero-order valence-corrected chi connectivity index (χ0v) is 23.7. The molecule has 1 aliphatic rings. The molecule has 0 bridgehead atoms. The fourth-order valence-corrected chi connectivity index (χ4v) is 5.13. The van der Waals surface area contributed by atoms with Gasteiger partial charge in [0.05, 0.1) is 32.5 Å². The van der Waals surface area contributed by atoms with Crippen LogP contribution in [-0.2, 0) is 21.0 Å². The van der Waals surface area contributed by atoms with Crippen molar-refractivity contribution in [1.82, 2.24) is 5.06 Å². The number of para-hydroxylation sites is 1. The summed E-state index contributed by atoms with van der Waals surface area (Å²) in [5.41, 5.74) is 1.92. The topological polar surface area (TPSA) is 57.2 Å². The summed E-state index contributed by atoms with van der Waals surface area (Å²) < 4.78 is 56.4. The maximum Gasteiger partial charge on any atom is 0.492 e. The minimum Gasteiger partial charge on any atom is -0.494 e. The van der Waals surface area contributed by atoms with Crippen molar-refractivity contribution in [3.8, 4) is 11.5 Å². The second-order valence-electron chi connectivity index (χ2n) is 10.5. The molecule has 9 heteroatoms. The summed E-state index contributed by atoms with van der Waals surface area (Å²) in [4.78, 5) is 16.1. The van der Waals surface area contributed by atoms with Crippen molar-refractivity contribution < 1.29 is 37.0 Å². The van der Waals surface area contributed by atoms with E-state index in [1.807, 2.05) is 97.1 Å². The molecule has 1 saturated heterocycles. The highest BCUT2D eigenvalue weighted by Gasteiger charge is 2.44. The van der Waals surface area contributed by atoms with Gasteiger partial charge in [0.1, 0.15) is 11.5 Å². The Labute approximate surface area is 248 Å². The van der Waals surface area contributed by atoms with Crippen LogP contribution in [0.2, 0.25) is 0 Å². The van der Waals surface area contributed by atoms with Crippen LogP contribution in [0, 0.1) is 0 Å². The van der Waals surface area contributed by atoms with E-state index < -0.39 is 18.2 Å². The Morgan fingerprint density at radius 1 is 0.791 bits per heavy atom. The predicted molar refractivity (Wildman–Crippen MR) is 157 cm³/mol. The van der Waals surface area contributed by atoms with E-state index in [0.717, 1.165) is 51.3 Å². The molecular formula is C34H34F3NO5. The summed E-state index contributed by atoms with van der Waals surface area (Å²) in [5.74, 6) is -0.751. The first kappa shape index (κ1) is 30.4. The quantitative estimate of drug-likeness (QED) is 0.159. The molecule has 1 fully saturated rings. The molecule has 0 saturated carbocycles. The second kappa shape index (κ2) is 14.4. The Hall–Kier alpha value is -4.08. The third kappa shape index (κ3) is 8.72. The van der Waals surface area contributed by atoms with Crippen molar-refractivity contribution in [3.05, 3.63) is 108 Å².